The molecule has 0 bridgehead atoms. The number of amides is 1. The smallest absolute Gasteiger partial charge is 0.326 e. The first-order chi connectivity index (χ1) is 8.15. The molecule has 104 valence electrons. The number of ether oxygens (including phenoxy) is 1. The lowest BCUT2D eigenvalue weighted by Gasteiger charge is -2.21. The summed E-state index contributed by atoms with van der Waals surface area (Å²) in [5.41, 5.74) is -0.252. The molecule has 0 aliphatic heterocycles. The summed E-state index contributed by atoms with van der Waals surface area (Å²) in [5, 5.41) is 14.0. The number of rotatable bonds is 6. The molecule has 0 aromatic rings. The lowest BCUT2D eigenvalue weighted by atomic mass is 10.1. The summed E-state index contributed by atoms with van der Waals surface area (Å²) in [6.45, 7) is 5.62. The van der Waals surface area contributed by atoms with Crippen LogP contribution in [-0.4, -0.2) is 48.2 Å². The third-order valence-electron chi connectivity index (χ3n) is 2.01. The molecule has 0 radical (unpaired) electrons. The van der Waals surface area contributed by atoms with Crippen molar-refractivity contribution < 1.29 is 24.2 Å². The molecular weight excluding hydrogens is 240 g/mol. The zero-order chi connectivity index (χ0) is 14.3. The third-order valence-corrected chi connectivity index (χ3v) is 2.01. The zero-order valence-electron chi connectivity index (χ0n) is 11.1. The predicted octanol–water partition coefficient (Wildman–Crippen LogP) is -0.493. The summed E-state index contributed by atoms with van der Waals surface area (Å²) < 4.78 is 4.36. The van der Waals surface area contributed by atoms with E-state index in [-0.39, 0.29) is 12.1 Å². The van der Waals surface area contributed by atoms with Crippen LogP contribution in [0.1, 0.15) is 27.2 Å². The van der Waals surface area contributed by atoms with E-state index >= 15 is 0 Å². The van der Waals surface area contributed by atoms with E-state index in [4.69, 9.17) is 5.11 Å². The average Bonchev–Trinajstić information content (AvgIpc) is 2.24. The van der Waals surface area contributed by atoms with Crippen molar-refractivity contribution in [2.45, 2.75) is 38.8 Å². The number of esters is 1. The van der Waals surface area contributed by atoms with Gasteiger partial charge in [0, 0.05) is 5.54 Å². The van der Waals surface area contributed by atoms with E-state index in [0.717, 1.165) is 7.11 Å². The molecule has 0 saturated heterocycles. The predicted molar refractivity (Wildman–Crippen MR) is 64.0 cm³/mol. The number of carbonyl (C=O) groups excluding carboxylic acids is 2. The number of carboxylic acids is 1. The van der Waals surface area contributed by atoms with Crippen molar-refractivity contribution in [3.8, 4) is 0 Å². The molecule has 0 saturated carbocycles. The lowest BCUT2D eigenvalue weighted by molar-refractivity contribution is -0.148. The van der Waals surface area contributed by atoms with E-state index < -0.39 is 30.3 Å². The van der Waals surface area contributed by atoms with Gasteiger partial charge in [0.1, 0.15) is 6.04 Å². The van der Waals surface area contributed by atoms with Gasteiger partial charge < -0.3 is 20.5 Å². The number of nitrogens with one attached hydrogen (secondary N) is 2. The maximum atomic E-state index is 11.5. The molecule has 0 aromatic heterocycles. The van der Waals surface area contributed by atoms with Crippen molar-refractivity contribution >= 4 is 17.8 Å². The van der Waals surface area contributed by atoms with Gasteiger partial charge >= 0.3 is 11.9 Å². The van der Waals surface area contributed by atoms with Gasteiger partial charge in [-0.3, -0.25) is 9.59 Å². The Morgan fingerprint density at radius 3 is 2.22 bits per heavy atom. The fourth-order valence-corrected chi connectivity index (χ4v) is 1.04. The second-order valence-corrected chi connectivity index (χ2v) is 4.84. The van der Waals surface area contributed by atoms with Gasteiger partial charge in [0.2, 0.25) is 5.91 Å². The van der Waals surface area contributed by atoms with Crippen molar-refractivity contribution in [2.24, 2.45) is 0 Å². The maximum absolute atomic E-state index is 11.5. The Kier molecular flexibility index (Phi) is 6.32. The molecule has 0 spiro atoms. The van der Waals surface area contributed by atoms with Crippen LogP contribution in [0.5, 0.6) is 0 Å². The van der Waals surface area contributed by atoms with Crippen LogP contribution in [0, 0.1) is 0 Å². The van der Waals surface area contributed by atoms with Crippen LogP contribution in [-0.2, 0) is 19.1 Å². The number of methoxy groups -OCH3 is 1. The van der Waals surface area contributed by atoms with Gasteiger partial charge in [0.25, 0.3) is 0 Å². The van der Waals surface area contributed by atoms with Gasteiger partial charge in [-0.25, -0.2) is 4.79 Å². The van der Waals surface area contributed by atoms with Gasteiger partial charge in [-0.1, -0.05) is 0 Å². The Hall–Kier alpha value is -1.63. The molecule has 0 unspecified atom stereocenters. The summed E-state index contributed by atoms with van der Waals surface area (Å²) >= 11 is 0. The first kappa shape index (κ1) is 16.4. The molecule has 7 heteroatoms. The molecule has 0 fully saturated rings. The van der Waals surface area contributed by atoms with Crippen LogP contribution in [0.25, 0.3) is 0 Å². The van der Waals surface area contributed by atoms with Crippen LogP contribution in [0.2, 0.25) is 0 Å². The Balaban J connectivity index is 4.29. The van der Waals surface area contributed by atoms with Gasteiger partial charge in [-0.2, -0.15) is 0 Å². The molecule has 0 aromatic carbocycles. The monoisotopic (exact) mass is 260 g/mol. The van der Waals surface area contributed by atoms with Crippen LogP contribution in [0.15, 0.2) is 0 Å². The van der Waals surface area contributed by atoms with Gasteiger partial charge in [-0.05, 0) is 20.8 Å². The largest absolute Gasteiger partial charge is 0.480 e. The normalized spacial score (nSPS) is 12.7. The van der Waals surface area contributed by atoms with Crippen LogP contribution < -0.4 is 10.6 Å². The van der Waals surface area contributed by atoms with Gasteiger partial charge in [0.05, 0.1) is 20.1 Å². The molecule has 0 aliphatic rings. The van der Waals surface area contributed by atoms with Gasteiger partial charge in [-0.15, -0.1) is 0 Å². The Morgan fingerprint density at radius 2 is 1.83 bits per heavy atom. The summed E-state index contributed by atoms with van der Waals surface area (Å²) in [4.78, 5) is 33.3. The lowest BCUT2D eigenvalue weighted by Crippen LogP contribution is -2.48. The van der Waals surface area contributed by atoms with E-state index in [1.807, 2.05) is 20.8 Å². The van der Waals surface area contributed by atoms with Crippen LogP contribution >= 0.6 is 0 Å². The molecule has 3 N–H and O–H groups in total. The number of carbonyl (C=O) groups is 3. The average molecular weight is 260 g/mol. The minimum absolute atomic E-state index is 0.0194. The Labute approximate surface area is 106 Å². The van der Waals surface area contributed by atoms with Crippen molar-refractivity contribution in [1.29, 1.82) is 0 Å². The van der Waals surface area contributed by atoms with E-state index in [0.29, 0.717) is 0 Å². The standard InChI is InChI=1S/C11H20N2O5/c1-11(2,3)12-6-8(14)13-7(10(16)17)5-9(15)18-4/h7,12H,5-6H2,1-4H3,(H,13,14)(H,16,17)/t7-/m0/s1. The summed E-state index contributed by atoms with van der Waals surface area (Å²) in [5.74, 6) is -2.45. The quantitative estimate of drug-likeness (QED) is 0.556. The molecular formula is C11H20N2O5. The highest BCUT2D eigenvalue weighted by molar-refractivity contribution is 5.87. The summed E-state index contributed by atoms with van der Waals surface area (Å²) in [7, 11) is 1.16. The molecule has 0 rings (SSSR count). The van der Waals surface area contributed by atoms with Crippen molar-refractivity contribution in [3.63, 3.8) is 0 Å². The highest BCUT2D eigenvalue weighted by atomic mass is 16.5. The molecule has 0 heterocycles. The fourth-order valence-electron chi connectivity index (χ4n) is 1.04. The van der Waals surface area contributed by atoms with E-state index in [1.165, 1.54) is 0 Å². The summed E-state index contributed by atoms with van der Waals surface area (Å²) in [6, 6.07) is -1.27. The van der Waals surface area contributed by atoms with Crippen molar-refractivity contribution in [3.05, 3.63) is 0 Å². The number of aliphatic carboxylic acids is 1. The first-order valence-electron chi connectivity index (χ1n) is 5.49. The maximum Gasteiger partial charge on any atom is 0.326 e. The van der Waals surface area contributed by atoms with Crippen LogP contribution in [0.4, 0.5) is 0 Å². The highest BCUT2D eigenvalue weighted by Crippen LogP contribution is 1.98. The van der Waals surface area contributed by atoms with E-state index in [9.17, 15) is 14.4 Å². The Bertz CT molecular complexity index is 322. The minimum atomic E-state index is -1.27. The summed E-state index contributed by atoms with van der Waals surface area (Å²) in [6.07, 6.45) is -0.396. The number of hydrogen-bond donors (Lipinski definition) is 3. The van der Waals surface area contributed by atoms with Gasteiger partial charge in [0.15, 0.2) is 0 Å². The molecule has 7 nitrogen and oxygen atoms in total. The van der Waals surface area contributed by atoms with E-state index in [2.05, 4.69) is 15.4 Å². The molecule has 1 atom stereocenters. The first-order valence-corrected chi connectivity index (χ1v) is 5.49. The number of hydrogen-bond acceptors (Lipinski definition) is 5. The number of carboxylic acid groups (broad SMARTS) is 1. The molecule has 18 heavy (non-hydrogen) atoms. The van der Waals surface area contributed by atoms with E-state index in [1.54, 1.807) is 0 Å². The Morgan fingerprint density at radius 1 is 1.28 bits per heavy atom. The molecule has 0 aliphatic carbocycles. The van der Waals surface area contributed by atoms with Crippen LogP contribution in [0.3, 0.4) is 0 Å². The van der Waals surface area contributed by atoms with Crippen molar-refractivity contribution in [2.75, 3.05) is 13.7 Å². The third kappa shape index (κ3) is 7.61. The second-order valence-electron chi connectivity index (χ2n) is 4.84. The minimum Gasteiger partial charge on any atom is -0.480 e. The highest BCUT2D eigenvalue weighted by Gasteiger charge is 2.24. The second kappa shape index (κ2) is 6.95. The fraction of sp³-hybridized carbons (Fsp3) is 0.727. The topological polar surface area (TPSA) is 105 Å². The zero-order valence-corrected chi connectivity index (χ0v) is 11.1. The SMILES string of the molecule is COC(=O)C[C@H](NC(=O)CNC(C)(C)C)C(=O)O. The van der Waals surface area contributed by atoms with Crippen molar-refractivity contribution in [1.82, 2.24) is 10.6 Å². The molecule has 1 amide bonds.